The van der Waals surface area contributed by atoms with Crippen molar-refractivity contribution in [1.29, 1.82) is 0 Å². The molecule has 1 aromatic carbocycles. The second kappa shape index (κ2) is 2.23. The zero-order valence-corrected chi connectivity index (χ0v) is 7.30. The van der Waals surface area contributed by atoms with Crippen molar-refractivity contribution in [2.75, 3.05) is 5.73 Å². The summed E-state index contributed by atoms with van der Waals surface area (Å²) >= 11 is 0. The molecule has 1 aliphatic carbocycles. The average Bonchev–Trinajstić information content (AvgIpc) is 2.75. The van der Waals surface area contributed by atoms with Gasteiger partial charge in [-0.2, -0.15) is 0 Å². The quantitative estimate of drug-likeness (QED) is 0.615. The molecule has 0 amide bonds. The minimum atomic E-state index is -0.0561. The molecule has 2 rings (SSSR count). The van der Waals surface area contributed by atoms with Gasteiger partial charge in [-0.05, 0) is 43.0 Å². The lowest BCUT2D eigenvalue weighted by Gasteiger charge is -2.12. The van der Waals surface area contributed by atoms with E-state index in [9.17, 15) is 0 Å². The average molecular weight is 162 g/mol. The third-order valence-corrected chi connectivity index (χ3v) is 2.59. The molecule has 0 spiro atoms. The number of nitrogens with two attached hydrogens (primary N) is 2. The second-order valence-electron chi connectivity index (χ2n) is 3.73. The van der Waals surface area contributed by atoms with Crippen molar-refractivity contribution in [3.05, 3.63) is 29.3 Å². The second-order valence-corrected chi connectivity index (χ2v) is 3.73. The molecule has 1 fully saturated rings. The predicted octanol–water partition coefficient (Wildman–Crippen LogP) is 1.53. The molecule has 12 heavy (non-hydrogen) atoms. The maximum atomic E-state index is 6.08. The maximum Gasteiger partial charge on any atom is 0.0414 e. The summed E-state index contributed by atoms with van der Waals surface area (Å²) in [5.41, 5.74) is 15.0. The number of hydrogen-bond acceptors (Lipinski definition) is 2. The first kappa shape index (κ1) is 7.62. The van der Waals surface area contributed by atoms with Gasteiger partial charge in [0, 0.05) is 11.2 Å². The summed E-state index contributed by atoms with van der Waals surface area (Å²) in [6.45, 7) is 2.09. The minimum Gasteiger partial charge on any atom is -0.399 e. The van der Waals surface area contributed by atoms with E-state index in [0.717, 1.165) is 18.5 Å². The molecule has 2 heteroatoms. The highest BCUT2D eigenvalue weighted by atomic mass is 14.8. The van der Waals surface area contributed by atoms with Crippen LogP contribution in [0.15, 0.2) is 18.2 Å². The fourth-order valence-electron chi connectivity index (χ4n) is 1.58. The van der Waals surface area contributed by atoms with Crippen LogP contribution in [0.2, 0.25) is 0 Å². The Morgan fingerprint density at radius 3 is 2.58 bits per heavy atom. The van der Waals surface area contributed by atoms with Crippen LogP contribution in [0.3, 0.4) is 0 Å². The number of rotatable bonds is 1. The maximum absolute atomic E-state index is 6.08. The number of hydrogen-bond donors (Lipinski definition) is 2. The number of benzene rings is 1. The van der Waals surface area contributed by atoms with Crippen molar-refractivity contribution in [1.82, 2.24) is 0 Å². The zero-order valence-electron chi connectivity index (χ0n) is 7.30. The van der Waals surface area contributed by atoms with Crippen LogP contribution in [0, 0.1) is 6.92 Å². The lowest BCUT2D eigenvalue weighted by molar-refractivity contribution is 0.734. The summed E-state index contributed by atoms with van der Waals surface area (Å²) < 4.78 is 0. The molecular weight excluding hydrogens is 148 g/mol. The van der Waals surface area contributed by atoms with Gasteiger partial charge in [-0.15, -0.1) is 0 Å². The molecule has 0 aliphatic heterocycles. The zero-order chi connectivity index (χ0) is 8.77. The van der Waals surface area contributed by atoms with Gasteiger partial charge in [0.05, 0.1) is 0 Å². The molecule has 0 saturated heterocycles. The van der Waals surface area contributed by atoms with Gasteiger partial charge in [0.1, 0.15) is 0 Å². The van der Waals surface area contributed by atoms with E-state index in [4.69, 9.17) is 11.5 Å². The van der Waals surface area contributed by atoms with Gasteiger partial charge in [0.15, 0.2) is 0 Å². The largest absolute Gasteiger partial charge is 0.399 e. The smallest absolute Gasteiger partial charge is 0.0414 e. The Balaban J connectivity index is 2.48. The van der Waals surface area contributed by atoms with Crippen molar-refractivity contribution in [3.63, 3.8) is 0 Å². The van der Waals surface area contributed by atoms with Gasteiger partial charge in [0.2, 0.25) is 0 Å². The minimum absolute atomic E-state index is 0.0561. The van der Waals surface area contributed by atoms with Crippen LogP contribution in [0.5, 0.6) is 0 Å². The van der Waals surface area contributed by atoms with Crippen LogP contribution in [0.1, 0.15) is 24.0 Å². The molecule has 0 unspecified atom stereocenters. The molecule has 0 aromatic heterocycles. The van der Waals surface area contributed by atoms with Crippen molar-refractivity contribution < 1.29 is 0 Å². The Bertz CT molecular complexity index is 314. The van der Waals surface area contributed by atoms with Crippen molar-refractivity contribution in [3.8, 4) is 0 Å². The molecule has 0 atom stereocenters. The van der Waals surface area contributed by atoms with Gasteiger partial charge in [0.25, 0.3) is 0 Å². The molecule has 0 bridgehead atoms. The fourth-order valence-corrected chi connectivity index (χ4v) is 1.58. The first-order valence-corrected chi connectivity index (χ1v) is 4.27. The summed E-state index contributed by atoms with van der Waals surface area (Å²) in [5.74, 6) is 0. The van der Waals surface area contributed by atoms with Crippen LogP contribution >= 0.6 is 0 Å². The highest BCUT2D eigenvalue weighted by Gasteiger charge is 2.40. The molecule has 1 saturated carbocycles. The van der Waals surface area contributed by atoms with E-state index in [1.807, 2.05) is 18.2 Å². The summed E-state index contributed by atoms with van der Waals surface area (Å²) in [6, 6.07) is 5.96. The van der Waals surface area contributed by atoms with Crippen LogP contribution in [-0.4, -0.2) is 0 Å². The molecule has 0 heterocycles. The normalized spacial score (nSPS) is 19.2. The Labute approximate surface area is 72.6 Å². The molecular formula is C10H14N2. The van der Waals surface area contributed by atoms with E-state index in [0.29, 0.717) is 0 Å². The third-order valence-electron chi connectivity index (χ3n) is 2.59. The van der Waals surface area contributed by atoms with E-state index in [1.54, 1.807) is 0 Å². The summed E-state index contributed by atoms with van der Waals surface area (Å²) in [4.78, 5) is 0. The highest BCUT2D eigenvalue weighted by Crippen LogP contribution is 2.44. The van der Waals surface area contributed by atoms with Crippen LogP contribution in [0.4, 0.5) is 5.69 Å². The van der Waals surface area contributed by atoms with Gasteiger partial charge in [-0.3, -0.25) is 0 Å². The molecule has 2 nitrogen and oxygen atoms in total. The lowest BCUT2D eigenvalue weighted by atomic mass is 9.99. The van der Waals surface area contributed by atoms with E-state index >= 15 is 0 Å². The van der Waals surface area contributed by atoms with E-state index in [2.05, 4.69) is 6.92 Å². The Hall–Kier alpha value is -1.02. The van der Waals surface area contributed by atoms with Crippen LogP contribution < -0.4 is 11.5 Å². The number of aryl methyl sites for hydroxylation is 1. The van der Waals surface area contributed by atoms with Crippen LogP contribution in [-0.2, 0) is 5.54 Å². The topological polar surface area (TPSA) is 52.0 Å². The Kier molecular flexibility index (Phi) is 1.42. The molecule has 64 valence electrons. The third kappa shape index (κ3) is 1.08. The first-order chi connectivity index (χ1) is 5.62. The summed E-state index contributed by atoms with van der Waals surface area (Å²) in [7, 11) is 0. The van der Waals surface area contributed by atoms with E-state index in [-0.39, 0.29) is 5.54 Å². The van der Waals surface area contributed by atoms with Gasteiger partial charge in [-0.25, -0.2) is 0 Å². The van der Waals surface area contributed by atoms with Crippen molar-refractivity contribution in [2.24, 2.45) is 5.73 Å². The Morgan fingerprint density at radius 1 is 1.33 bits per heavy atom. The van der Waals surface area contributed by atoms with Gasteiger partial charge >= 0.3 is 0 Å². The molecule has 1 aromatic rings. The van der Waals surface area contributed by atoms with Gasteiger partial charge in [-0.1, -0.05) is 6.07 Å². The standard InChI is InChI=1S/C10H14N2/c1-7-2-3-8(11)6-9(7)10(12)4-5-10/h2-3,6H,4-5,11-12H2,1H3. The lowest BCUT2D eigenvalue weighted by Crippen LogP contribution is -2.20. The highest BCUT2D eigenvalue weighted by molar-refractivity contribution is 5.48. The van der Waals surface area contributed by atoms with Crippen LogP contribution in [0.25, 0.3) is 0 Å². The number of nitrogen functional groups attached to an aromatic ring is 1. The molecule has 4 N–H and O–H groups in total. The van der Waals surface area contributed by atoms with E-state index < -0.39 is 0 Å². The number of anilines is 1. The van der Waals surface area contributed by atoms with E-state index in [1.165, 1.54) is 11.1 Å². The Morgan fingerprint density at radius 2 is 2.00 bits per heavy atom. The van der Waals surface area contributed by atoms with Crippen molar-refractivity contribution in [2.45, 2.75) is 25.3 Å². The summed E-state index contributed by atoms with van der Waals surface area (Å²) in [6.07, 6.45) is 2.19. The summed E-state index contributed by atoms with van der Waals surface area (Å²) in [5, 5.41) is 0. The van der Waals surface area contributed by atoms with Gasteiger partial charge < -0.3 is 11.5 Å². The monoisotopic (exact) mass is 162 g/mol. The SMILES string of the molecule is Cc1ccc(N)cc1C1(N)CC1. The predicted molar refractivity (Wildman–Crippen MR) is 50.7 cm³/mol. The molecule has 0 radical (unpaired) electrons. The fraction of sp³-hybridized carbons (Fsp3) is 0.400. The first-order valence-electron chi connectivity index (χ1n) is 4.27. The molecule has 1 aliphatic rings. The van der Waals surface area contributed by atoms with Crippen molar-refractivity contribution >= 4 is 5.69 Å².